The number of nitrogens with one attached hydrogen (secondary N) is 1. The van der Waals surface area contributed by atoms with Crippen molar-refractivity contribution >= 4 is 104 Å². The second kappa shape index (κ2) is 47.6. The second-order valence-electron chi connectivity index (χ2n) is 48.2. The number of carbonyl (C=O) groups is 8. The lowest BCUT2D eigenvalue weighted by Gasteiger charge is -2.48. The first-order chi connectivity index (χ1) is 60.4. The summed E-state index contributed by atoms with van der Waals surface area (Å²) >= 11 is 6.15. The van der Waals surface area contributed by atoms with E-state index in [0.717, 1.165) is 46.8 Å². The number of hydrogen-bond donors (Lipinski definition) is 4. The van der Waals surface area contributed by atoms with Gasteiger partial charge in [-0.15, -0.1) is 12.4 Å². The molecule has 4 saturated heterocycles. The van der Waals surface area contributed by atoms with Crippen LogP contribution in [-0.4, -0.2) is 211 Å². The number of amides is 5. The molecule has 4 aromatic carbocycles. The van der Waals surface area contributed by atoms with Crippen molar-refractivity contribution in [3.8, 4) is 23.0 Å². The lowest BCUT2D eigenvalue weighted by Crippen LogP contribution is -2.60. The highest BCUT2D eigenvalue weighted by molar-refractivity contribution is 7.20. The molecule has 0 bridgehead atoms. The molecule has 4 fully saturated rings. The van der Waals surface area contributed by atoms with Crippen LogP contribution in [-0.2, 0) is 69.3 Å². The first-order valence-corrected chi connectivity index (χ1v) is 60.3. The molecule has 4 aliphatic heterocycles. The van der Waals surface area contributed by atoms with Crippen molar-refractivity contribution in [2.24, 2.45) is 29.4 Å². The predicted octanol–water partition coefficient (Wildman–Crippen LogP) is 24.6. The first kappa shape index (κ1) is 124. The van der Waals surface area contributed by atoms with Crippen LogP contribution in [0.15, 0.2) is 97.1 Å². The fourth-order valence-corrected chi connectivity index (χ4v) is 17.7. The van der Waals surface area contributed by atoms with Crippen molar-refractivity contribution in [3.63, 3.8) is 0 Å². The lowest BCUT2D eigenvalue weighted by atomic mass is 9.65. The number of phenols is 1. The number of rotatable bonds is 15. The van der Waals surface area contributed by atoms with E-state index in [1.54, 1.807) is 52.5 Å². The van der Waals surface area contributed by atoms with E-state index in [9.17, 15) is 48.6 Å². The number of ether oxygens (including phenoxy) is 6. The molecule has 10 atom stereocenters. The average molecular weight is 2000 g/mol. The quantitative estimate of drug-likeness (QED) is 0.0372. The maximum atomic E-state index is 13.3. The Morgan fingerprint density at radius 3 is 0.956 bits per heavy atom. The maximum absolute atomic E-state index is 13.3. The third-order valence-electron chi connectivity index (χ3n) is 28.6. The summed E-state index contributed by atoms with van der Waals surface area (Å²) in [4.78, 5) is 104. The Hall–Kier alpha value is -7.55. The molecule has 0 radical (unpaired) electrons. The molecule has 768 valence electrons. The molecule has 0 unspecified atom stereocenters. The Labute approximate surface area is 828 Å². The zero-order chi connectivity index (χ0) is 104. The van der Waals surface area contributed by atoms with Gasteiger partial charge in [0.05, 0.1) is 20.8 Å². The normalized spacial score (nSPS) is 22.6. The van der Waals surface area contributed by atoms with E-state index < -0.39 is 108 Å². The highest BCUT2D eigenvalue weighted by Gasteiger charge is 2.52. The third kappa shape index (κ3) is 36.2. The van der Waals surface area contributed by atoms with Gasteiger partial charge in [-0.25, -0.2) is 24.0 Å². The fourth-order valence-electron chi connectivity index (χ4n) is 14.7. The molecule has 4 aromatic rings. The molecule has 135 heavy (non-hydrogen) atoms. The van der Waals surface area contributed by atoms with E-state index in [4.69, 9.17) is 49.0 Å². The average Bonchev–Trinajstić information content (AvgIpc) is 0.758. The Kier molecular flexibility index (Phi) is 43.6. The molecular formula is C104H178Cl2N6O19Si4. The largest absolute Gasteiger partial charge is 0.543 e. The summed E-state index contributed by atoms with van der Waals surface area (Å²) < 4.78 is 50.6. The summed E-state index contributed by atoms with van der Waals surface area (Å²) in [7, 11) is -4.75. The summed E-state index contributed by atoms with van der Waals surface area (Å²) in [5, 5.41) is 23.0. The SMILES string of the molecule is CC(C)(C)[Si](C)(C)Cl.COC(=O)CN.COC(=O)CNC(=O)[C@H]1C[C@@](C)(c2cccc(O[Si](C)(C)C(C)(C)C)c2)[C@@H](C)CN1C(=O)OC(C)(C)C.C[C@H]1CN(C(=O)OC(C)(C)C)CC[C@@]1(C)c1cccc(O)c1.C[C@H]1CN(C(=O)OC(C)(C)C)CC[C@@]1(C)c1cccc(O[Si](C)(C)C(C)(C)C)c1.C[C@H]1CN(C(=O)OC(C)(C)C)[C@@H](C(=O)O)C[C@@]1(C)c1cccc(O[Si](C)(C)C(C)(C)C)c1.Cl. The number of aromatic hydroxyl groups is 1. The van der Waals surface area contributed by atoms with Gasteiger partial charge in [-0.2, -0.15) is 11.1 Å². The molecule has 0 aliphatic carbocycles. The number of halogens is 2. The van der Waals surface area contributed by atoms with Crippen molar-refractivity contribution in [2.45, 2.75) is 376 Å². The molecular weight excluding hydrogens is 1820 g/mol. The van der Waals surface area contributed by atoms with Crippen LogP contribution < -0.4 is 24.3 Å². The van der Waals surface area contributed by atoms with Gasteiger partial charge in [-0.05, 0) is 284 Å². The molecule has 5 amide bonds. The Bertz CT molecular complexity index is 4550. The standard InChI is InChI=1S/C28H46N2O6Si.C25H41NO5Si.C24H41NO3Si.C18H27NO3.C6H15ClSi.C3H7NO2.ClH/c1-19-18-30(25(33)35-26(2,3)4)22(24(32)29-17-23(31)34-9)16-28(19,8)20-13-12-14-21(15-20)36-37(10,11)27(5,6)7;1-17-16-26(22(29)30-23(2,3)4)20(21(27)28)15-25(17,8)18-12-11-13-19(14-18)31-32(9,10)24(5,6)7;1-18-17-25(21(26)27-22(2,3)4)15-14-24(18,8)19-12-11-13-20(16-19)28-29(9,10)23(5,6)7;1-13-12-19(16(21)22-17(2,3)4)10-9-18(13,5)14-7-6-8-15(20)11-14;1-6(2,3)8(4,5)7;1-6-3(5)2-4;/h12-15,19,22H,16-18H2,1-11H3,(H,29,32);11-14,17,20H,15-16H2,1-10H3,(H,27,28);11-13,16,18H,14-15,17H2,1-10H3;6-8,11,13,20H,9-10,12H2,1-5H3;1-5H3;2,4H2,1H3;1H/t19-,22+,28+;17-,20+,25+;18-,24+;13-,18+;;;/m0000.../s1. The van der Waals surface area contributed by atoms with Gasteiger partial charge < -0.3 is 72.8 Å². The highest BCUT2D eigenvalue weighted by atomic mass is 35.6. The van der Waals surface area contributed by atoms with Gasteiger partial charge in [0, 0.05) is 39.3 Å². The lowest BCUT2D eigenvalue weighted by molar-refractivity contribution is -0.146. The van der Waals surface area contributed by atoms with E-state index in [1.807, 2.05) is 88.9 Å². The summed E-state index contributed by atoms with van der Waals surface area (Å²) in [5.41, 5.74) is 6.11. The van der Waals surface area contributed by atoms with Crippen LogP contribution in [0, 0.1) is 23.7 Å². The number of carboxylic acid groups (broad SMARTS) is 1. The zero-order valence-corrected chi connectivity index (χ0v) is 96.2. The van der Waals surface area contributed by atoms with E-state index in [0.29, 0.717) is 68.8 Å². The number of nitrogens with two attached hydrogens (primary N) is 1. The molecule has 0 spiro atoms. The maximum Gasteiger partial charge on any atom is 0.411 e. The highest BCUT2D eigenvalue weighted by Crippen LogP contribution is 2.50. The monoisotopic (exact) mass is 2000 g/mol. The zero-order valence-electron chi connectivity index (χ0n) is 90.7. The number of carboxylic acids is 1. The van der Waals surface area contributed by atoms with Gasteiger partial charge in [-0.3, -0.25) is 24.2 Å². The molecule has 4 heterocycles. The van der Waals surface area contributed by atoms with E-state index in [-0.39, 0.29) is 87.4 Å². The van der Waals surface area contributed by atoms with Crippen LogP contribution >= 0.6 is 23.5 Å². The van der Waals surface area contributed by atoms with Crippen molar-refractivity contribution in [1.82, 2.24) is 24.9 Å². The molecule has 4 aliphatic rings. The van der Waals surface area contributed by atoms with Gasteiger partial charge in [0.15, 0.2) is 7.38 Å². The van der Waals surface area contributed by atoms with E-state index in [2.05, 4.69) is 254 Å². The van der Waals surface area contributed by atoms with Crippen molar-refractivity contribution in [2.75, 3.05) is 66.6 Å². The van der Waals surface area contributed by atoms with E-state index >= 15 is 0 Å². The number of carbonyl (C=O) groups excluding carboxylic acids is 7. The van der Waals surface area contributed by atoms with E-state index in [1.165, 1.54) is 29.6 Å². The summed E-state index contributed by atoms with van der Waals surface area (Å²) in [6, 6.07) is 30.4. The summed E-state index contributed by atoms with van der Waals surface area (Å²) in [6.07, 6.45) is 0.881. The number of esters is 2. The molecule has 25 nitrogen and oxygen atoms in total. The van der Waals surface area contributed by atoms with Crippen molar-refractivity contribution in [3.05, 3.63) is 119 Å². The van der Waals surface area contributed by atoms with Crippen LogP contribution in [0.25, 0.3) is 0 Å². The van der Waals surface area contributed by atoms with Gasteiger partial charge in [-0.1, -0.05) is 200 Å². The smallest absolute Gasteiger partial charge is 0.411 e. The number of piperidine rings is 4. The molecule has 0 saturated carbocycles. The minimum absolute atomic E-state index is 0. The minimum atomic E-state index is -2.04. The number of hydrogen-bond acceptors (Lipinski definition) is 19. The van der Waals surface area contributed by atoms with Gasteiger partial charge >= 0.3 is 42.3 Å². The van der Waals surface area contributed by atoms with Gasteiger partial charge in [0.25, 0.3) is 0 Å². The minimum Gasteiger partial charge on any atom is -0.543 e. The summed E-state index contributed by atoms with van der Waals surface area (Å²) in [6.45, 7) is 86.9. The molecule has 5 N–H and O–H groups in total. The molecule has 8 rings (SSSR count). The van der Waals surface area contributed by atoms with Crippen LogP contribution in [0.3, 0.4) is 0 Å². The van der Waals surface area contributed by atoms with Gasteiger partial charge in [0.1, 0.15) is 64.0 Å². The van der Waals surface area contributed by atoms with Crippen LogP contribution in [0.1, 0.15) is 269 Å². The summed E-state index contributed by atoms with van der Waals surface area (Å²) in [5.74, 6) is 1.21. The Morgan fingerprint density at radius 2 is 0.696 bits per heavy atom. The third-order valence-corrected chi connectivity index (χ3v) is 46.9. The number of methoxy groups -OCH3 is 2. The molecule has 31 heteroatoms. The van der Waals surface area contributed by atoms with Crippen LogP contribution in [0.2, 0.25) is 72.5 Å². The number of aliphatic carboxylic acids is 1. The Morgan fingerprint density at radius 1 is 0.422 bits per heavy atom. The number of likely N-dealkylation sites (tertiary alicyclic amines) is 4. The fraction of sp³-hybridized carbons (Fsp3) is 0.692. The number of nitrogens with zero attached hydrogens (tertiary/aromatic N) is 4. The Balaban J connectivity index is 0.000000584. The topological polar surface area (TPSA) is 311 Å². The predicted molar refractivity (Wildman–Crippen MR) is 559 cm³/mol. The second-order valence-corrected chi connectivity index (χ2v) is 69.6. The van der Waals surface area contributed by atoms with Crippen molar-refractivity contribution < 1.29 is 90.3 Å². The van der Waals surface area contributed by atoms with Crippen molar-refractivity contribution in [1.29, 1.82) is 0 Å². The van der Waals surface area contributed by atoms with Crippen LogP contribution in [0.5, 0.6) is 23.0 Å². The number of phenolic OH excluding ortho intramolecular Hbond substituents is 1. The van der Waals surface area contributed by atoms with Crippen LogP contribution in [0.4, 0.5) is 19.2 Å². The molecule has 0 aromatic heterocycles. The number of benzene rings is 4. The van der Waals surface area contributed by atoms with Gasteiger partial charge in [0.2, 0.25) is 30.9 Å². The first-order valence-electron chi connectivity index (χ1n) is 47.6.